The molecule has 1 nitrogen and oxygen atoms in total. The Morgan fingerprint density at radius 2 is 1.79 bits per heavy atom. The van der Waals surface area contributed by atoms with Gasteiger partial charge in [-0.25, -0.2) is 0 Å². The van der Waals surface area contributed by atoms with Gasteiger partial charge in [0.15, 0.2) is 0 Å². The molecule has 0 bridgehead atoms. The van der Waals surface area contributed by atoms with Gasteiger partial charge in [0, 0.05) is 11.3 Å². The largest absolute Gasteiger partial charge is 0.387 e. The molecule has 19 heavy (non-hydrogen) atoms. The van der Waals surface area contributed by atoms with Gasteiger partial charge in [0.05, 0.1) is 10.4 Å². The maximum absolute atomic E-state index is 10.2. The lowest BCUT2D eigenvalue weighted by molar-refractivity contribution is 0.182. The normalized spacial score (nSPS) is 12.7. The predicted octanol–water partition coefficient (Wildman–Crippen LogP) is 4.83. The van der Waals surface area contributed by atoms with Crippen LogP contribution in [0.2, 0.25) is 4.34 Å². The minimum absolute atomic E-state index is 0.487. The SMILES string of the molecule is OC(Cc1ccc2ccccc2c1)c1ccc(Cl)s1. The lowest BCUT2D eigenvalue weighted by Crippen LogP contribution is -1.99. The first-order valence-corrected chi connectivity index (χ1v) is 7.33. The molecular formula is C16H13ClOS. The number of benzene rings is 2. The number of halogens is 1. The van der Waals surface area contributed by atoms with Gasteiger partial charge in [-0.05, 0) is 28.5 Å². The Morgan fingerprint density at radius 1 is 1.00 bits per heavy atom. The van der Waals surface area contributed by atoms with Crippen LogP contribution in [0.25, 0.3) is 10.8 Å². The Balaban J connectivity index is 1.84. The van der Waals surface area contributed by atoms with Crippen LogP contribution < -0.4 is 0 Å². The molecule has 2 aromatic carbocycles. The van der Waals surface area contributed by atoms with E-state index in [1.807, 2.05) is 24.3 Å². The van der Waals surface area contributed by atoms with Gasteiger partial charge in [-0.15, -0.1) is 11.3 Å². The minimum Gasteiger partial charge on any atom is -0.387 e. The van der Waals surface area contributed by atoms with Crippen molar-refractivity contribution in [1.29, 1.82) is 0 Å². The van der Waals surface area contributed by atoms with Crippen molar-refractivity contribution < 1.29 is 5.11 Å². The van der Waals surface area contributed by atoms with Gasteiger partial charge in [0.25, 0.3) is 0 Å². The van der Waals surface area contributed by atoms with E-state index in [0.717, 1.165) is 10.4 Å². The first-order valence-electron chi connectivity index (χ1n) is 6.13. The van der Waals surface area contributed by atoms with Crippen molar-refractivity contribution in [3.63, 3.8) is 0 Å². The third-order valence-electron chi connectivity index (χ3n) is 3.17. The zero-order chi connectivity index (χ0) is 13.2. The van der Waals surface area contributed by atoms with E-state index in [9.17, 15) is 5.11 Å². The molecule has 0 saturated carbocycles. The average Bonchev–Trinajstić information content (AvgIpc) is 2.85. The van der Waals surface area contributed by atoms with E-state index in [-0.39, 0.29) is 0 Å². The lowest BCUT2D eigenvalue weighted by Gasteiger charge is -2.09. The number of rotatable bonds is 3. The molecular weight excluding hydrogens is 276 g/mol. The van der Waals surface area contributed by atoms with Crippen LogP contribution in [0.3, 0.4) is 0 Å². The molecule has 0 amide bonds. The van der Waals surface area contributed by atoms with Crippen LogP contribution in [0, 0.1) is 0 Å². The molecule has 3 rings (SSSR count). The summed E-state index contributed by atoms with van der Waals surface area (Å²) in [5.41, 5.74) is 1.13. The van der Waals surface area contributed by atoms with E-state index in [1.165, 1.54) is 22.1 Å². The minimum atomic E-state index is -0.487. The number of fused-ring (bicyclic) bond motifs is 1. The smallest absolute Gasteiger partial charge is 0.0932 e. The summed E-state index contributed by atoms with van der Waals surface area (Å²) in [5, 5.41) is 12.6. The van der Waals surface area contributed by atoms with Crippen LogP contribution >= 0.6 is 22.9 Å². The van der Waals surface area contributed by atoms with Crippen LogP contribution in [0.15, 0.2) is 54.6 Å². The Hall–Kier alpha value is -1.35. The Labute approximate surface area is 121 Å². The van der Waals surface area contributed by atoms with Crippen LogP contribution in [0.4, 0.5) is 0 Å². The van der Waals surface area contributed by atoms with Crippen molar-refractivity contribution in [2.75, 3.05) is 0 Å². The lowest BCUT2D eigenvalue weighted by atomic mass is 10.0. The summed E-state index contributed by atoms with van der Waals surface area (Å²) in [6.07, 6.45) is 0.125. The monoisotopic (exact) mass is 288 g/mol. The topological polar surface area (TPSA) is 20.2 Å². The molecule has 1 unspecified atom stereocenters. The van der Waals surface area contributed by atoms with Crippen molar-refractivity contribution in [2.45, 2.75) is 12.5 Å². The summed E-state index contributed by atoms with van der Waals surface area (Å²) in [4.78, 5) is 0.915. The first-order chi connectivity index (χ1) is 9.22. The van der Waals surface area contributed by atoms with Crippen molar-refractivity contribution >= 4 is 33.7 Å². The van der Waals surface area contributed by atoms with Crippen LogP contribution in [-0.4, -0.2) is 5.11 Å². The van der Waals surface area contributed by atoms with Gasteiger partial charge in [-0.1, -0.05) is 54.1 Å². The van der Waals surface area contributed by atoms with Gasteiger partial charge < -0.3 is 5.11 Å². The third kappa shape index (κ3) is 2.81. The summed E-state index contributed by atoms with van der Waals surface area (Å²) in [6.45, 7) is 0. The molecule has 1 atom stereocenters. The van der Waals surface area contributed by atoms with Gasteiger partial charge in [-0.2, -0.15) is 0 Å². The summed E-state index contributed by atoms with van der Waals surface area (Å²) in [7, 11) is 0. The van der Waals surface area contributed by atoms with Crippen molar-refractivity contribution in [3.05, 3.63) is 69.4 Å². The Kier molecular flexibility index (Phi) is 3.56. The molecule has 0 saturated heterocycles. The molecule has 1 N–H and O–H groups in total. The molecule has 3 heteroatoms. The van der Waals surface area contributed by atoms with E-state index in [1.54, 1.807) is 0 Å². The summed E-state index contributed by atoms with van der Waals surface area (Å²) in [5.74, 6) is 0. The zero-order valence-electron chi connectivity index (χ0n) is 10.2. The Bertz CT molecular complexity index is 705. The highest BCUT2D eigenvalue weighted by atomic mass is 35.5. The number of hydrogen-bond acceptors (Lipinski definition) is 2. The molecule has 1 heterocycles. The van der Waals surface area contributed by atoms with E-state index in [4.69, 9.17) is 11.6 Å². The molecule has 0 aliphatic carbocycles. The maximum atomic E-state index is 10.2. The zero-order valence-corrected chi connectivity index (χ0v) is 11.8. The number of hydrogen-bond donors (Lipinski definition) is 1. The van der Waals surface area contributed by atoms with Crippen molar-refractivity contribution in [2.24, 2.45) is 0 Å². The predicted molar refractivity (Wildman–Crippen MR) is 81.9 cm³/mol. The van der Waals surface area contributed by atoms with Crippen LogP contribution in [0.1, 0.15) is 16.5 Å². The molecule has 0 aliphatic rings. The quantitative estimate of drug-likeness (QED) is 0.732. The first kappa shape index (κ1) is 12.7. The highest BCUT2D eigenvalue weighted by Crippen LogP contribution is 2.29. The molecule has 0 spiro atoms. The summed E-state index contributed by atoms with van der Waals surface area (Å²) >= 11 is 7.33. The van der Waals surface area contributed by atoms with Crippen LogP contribution in [-0.2, 0) is 6.42 Å². The van der Waals surface area contributed by atoms with E-state index < -0.39 is 6.10 Å². The fourth-order valence-corrected chi connectivity index (χ4v) is 3.24. The number of thiophene rings is 1. The second kappa shape index (κ2) is 5.33. The summed E-state index contributed by atoms with van der Waals surface area (Å²) < 4.78 is 0.715. The van der Waals surface area contributed by atoms with Crippen LogP contribution in [0.5, 0.6) is 0 Å². The molecule has 0 radical (unpaired) electrons. The van der Waals surface area contributed by atoms with Gasteiger partial charge in [-0.3, -0.25) is 0 Å². The van der Waals surface area contributed by atoms with E-state index in [0.29, 0.717) is 10.8 Å². The van der Waals surface area contributed by atoms with E-state index >= 15 is 0 Å². The van der Waals surface area contributed by atoms with E-state index in [2.05, 4.69) is 30.3 Å². The maximum Gasteiger partial charge on any atom is 0.0932 e. The molecule has 0 aliphatic heterocycles. The second-order valence-electron chi connectivity index (χ2n) is 4.54. The fourth-order valence-electron chi connectivity index (χ4n) is 2.20. The molecule has 0 fully saturated rings. The standard InChI is InChI=1S/C16H13ClOS/c17-16-8-7-15(19-16)14(18)10-11-5-6-12-3-1-2-4-13(12)9-11/h1-9,14,18H,10H2. The Morgan fingerprint density at radius 3 is 2.53 bits per heavy atom. The van der Waals surface area contributed by atoms with Crippen molar-refractivity contribution in [3.8, 4) is 0 Å². The fraction of sp³-hybridized carbons (Fsp3) is 0.125. The molecule has 1 aromatic heterocycles. The third-order valence-corrected chi connectivity index (χ3v) is 4.50. The highest BCUT2D eigenvalue weighted by Gasteiger charge is 2.11. The number of aliphatic hydroxyl groups excluding tert-OH is 1. The molecule has 3 aromatic rings. The highest BCUT2D eigenvalue weighted by molar-refractivity contribution is 7.16. The number of aliphatic hydroxyl groups is 1. The van der Waals surface area contributed by atoms with Gasteiger partial charge >= 0.3 is 0 Å². The summed E-state index contributed by atoms with van der Waals surface area (Å²) in [6, 6.07) is 18.3. The van der Waals surface area contributed by atoms with Gasteiger partial charge in [0.2, 0.25) is 0 Å². The second-order valence-corrected chi connectivity index (χ2v) is 6.29. The van der Waals surface area contributed by atoms with Gasteiger partial charge in [0.1, 0.15) is 0 Å². The molecule has 96 valence electrons. The average molecular weight is 289 g/mol. The van der Waals surface area contributed by atoms with Crippen molar-refractivity contribution in [1.82, 2.24) is 0 Å².